The van der Waals surface area contributed by atoms with Crippen molar-refractivity contribution in [3.8, 4) is 0 Å². The number of hydrogen-bond donors (Lipinski definition) is 1. The monoisotopic (exact) mass is 361 g/mol. The zero-order valence-corrected chi connectivity index (χ0v) is 14.4. The molecule has 1 N–H and O–H groups in total. The number of benzene rings is 1. The summed E-state index contributed by atoms with van der Waals surface area (Å²) in [5.41, 5.74) is 0.864. The first kappa shape index (κ1) is 17.4. The Kier molecular flexibility index (Phi) is 5.00. The van der Waals surface area contributed by atoms with Crippen LogP contribution in [0.3, 0.4) is 0 Å². The SMILES string of the molecule is O=C(c1ccc(=O)[nH]c1)N1CCN(S(=O)(=O)Cc2ccccc2)CC1. The zero-order chi connectivity index (χ0) is 17.9. The number of nitrogens with one attached hydrogen (secondary N) is 1. The van der Waals surface area contributed by atoms with E-state index in [0.29, 0.717) is 18.7 Å². The van der Waals surface area contributed by atoms with Crippen LogP contribution in [-0.2, 0) is 15.8 Å². The molecule has 0 aliphatic carbocycles. The molecule has 2 heterocycles. The van der Waals surface area contributed by atoms with Gasteiger partial charge in [-0.25, -0.2) is 8.42 Å². The van der Waals surface area contributed by atoms with E-state index in [1.165, 1.54) is 22.6 Å². The van der Waals surface area contributed by atoms with E-state index < -0.39 is 10.0 Å². The molecule has 1 saturated heterocycles. The molecule has 2 aromatic rings. The maximum atomic E-state index is 12.5. The number of nitrogens with zero attached hydrogens (tertiary/aromatic N) is 2. The molecule has 8 heteroatoms. The highest BCUT2D eigenvalue weighted by Gasteiger charge is 2.29. The van der Waals surface area contributed by atoms with Crippen LogP contribution >= 0.6 is 0 Å². The van der Waals surface area contributed by atoms with E-state index >= 15 is 0 Å². The van der Waals surface area contributed by atoms with Gasteiger partial charge in [-0.3, -0.25) is 9.59 Å². The van der Waals surface area contributed by atoms with E-state index in [1.54, 1.807) is 17.0 Å². The number of piperazine rings is 1. The van der Waals surface area contributed by atoms with E-state index in [9.17, 15) is 18.0 Å². The molecule has 132 valence electrons. The quantitative estimate of drug-likeness (QED) is 0.866. The number of aromatic amines is 1. The number of aromatic nitrogens is 1. The molecule has 1 amide bonds. The van der Waals surface area contributed by atoms with Crippen LogP contribution in [0.25, 0.3) is 0 Å². The van der Waals surface area contributed by atoms with Crippen molar-refractivity contribution in [2.75, 3.05) is 26.2 Å². The molecule has 3 rings (SSSR count). The molecule has 25 heavy (non-hydrogen) atoms. The first-order chi connectivity index (χ1) is 12.0. The minimum Gasteiger partial charge on any atom is -0.336 e. The summed E-state index contributed by atoms with van der Waals surface area (Å²) in [7, 11) is -3.41. The van der Waals surface area contributed by atoms with Crippen LogP contribution < -0.4 is 5.56 Å². The maximum absolute atomic E-state index is 12.5. The van der Waals surface area contributed by atoms with Gasteiger partial charge in [0.15, 0.2) is 0 Å². The Balaban J connectivity index is 1.62. The maximum Gasteiger partial charge on any atom is 0.255 e. The average molecular weight is 361 g/mol. The number of hydrogen-bond acceptors (Lipinski definition) is 4. The summed E-state index contributed by atoms with van der Waals surface area (Å²) in [6.07, 6.45) is 1.38. The Morgan fingerprint density at radius 1 is 1.00 bits per heavy atom. The third kappa shape index (κ3) is 4.15. The predicted octanol–water partition coefficient (Wildman–Crippen LogP) is 0.663. The van der Waals surface area contributed by atoms with Crippen molar-refractivity contribution >= 4 is 15.9 Å². The van der Waals surface area contributed by atoms with Crippen LogP contribution in [0.4, 0.5) is 0 Å². The molecule has 0 radical (unpaired) electrons. The van der Waals surface area contributed by atoms with E-state index in [2.05, 4.69) is 4.98 Å². The van der Waals surface area contributed by atoms with Gasteiger partial charge in [-0.2, -0.15) is 4.31 Å². The lowest BCUT2D eigenvalue weighted by molar-refractivity contribution is 0.0697. The van der Waals surface area contributed by atoms with Gasteiger partial charge < -0.3 is 9.88 Å². The van der Waals surface area contributed by atoms with Crippen LogP contribution in [-0.4, -0.2) is 54.7 Å². The molecule has 1 aliphatic rings. The highest BCUT2D eigenvalue weighted by molar-refractivity contribution is 7.88. The van der Waals surface area contributed by atoms with E-state index in [1.807, 2.05) is 18.2 Å². The number of carbonyl (C=O) groups is 1. The fourth-order valence-corrected chi connectivity index (χ4v) is 4.29. The van der Waals surface area contributed by atoms with Crippen molar-refractivity contribution in [2.45, 2.75) is 5.75 Å². The zero-order valence-electron chi connectivity index (χ0n) is 13.6. The molecule has 1 aromatic carbocycles. The topological polar surface area (TPSA) is 90.6 Å². The fourth-order valence-electron chi connectivity index (χ4n) is 2.77. The van der Waals surface area contributed by atoms with Crippen LogP contribution in [0.5, 0.6) is 0 Å². The summed E-state index contributed by atoms with van der Waals surface area (Å²) >= 11 is 0. The molecule has 0 spiro atoms. The standard InChI is InChI=1S/C17H19N3O4S/c21-16-7-6-15(12-18-16)17(22)19-8-10-20(11-9-19)25(23,24)13-14-4-2-1-3-5-14/h1-7,12H,8-11,13H2,(H,18,21). The first-order valence-electron chi connectivity index (χ1n) is 7.95. The summed E-state index contributed by atoms with van der Waals surface area (Å²) in [6, 6.07) is 11.8. The highest BCUT2D eigenvalue weighted by Crippen LogP contribution is 2.15. The predicted molar refractivity (Wildman–Crippen MR) is 93.6 cm³/mol. The fraction of sp³-hybridized carbons (Fsp3) is 0.294. The molecular weight excluding hydrogens is 342 g/mol. The third-order valence-electron chi connectivity index (χ3n) is 4.14. The van der Waals surface area contributed by atoms with E-state index in [4.69, 9.17) is 0 Å². The van der Waals surface area contributed by atoms with Gasteiger partial charge in [0.25, 0.3) is 5.91 Å². The molecule has 0 saturated carbocycles. The van der Waals surface area contributed by atoms with Gasteiger partial charge in [0.1, 0.15) is 0 Å². The molecule has 0 unspecified atom stereocenters. The average Bonchev–Trinajstić information content (AvgIpc) is 2.62. The van der Waals surface area contributed by atoms with Crippen LogP contribution in [0.15, 0.2) is 53.5 Å². The number of carbonyl (C=O) groups excluding carboxylic acids is 1. The van der Waals surface area contributed by atoms with Gasteiger partial charge in [0.05, 0.1) is 11.3 Å². The number of pyridine rings is 1. The summed E-state index contributed by atoms with van der Waals surface area (Å²) < 4.78 is 26.5. The lowest BCUT2D eigenvalue weighted by Gasteiger charge is -2.34. The number of amides is 1. The van der Waals surface area contributed by atoms with Crippen LogP contribution in [0.2, 0.25) is 0 Å². The Bertz CT molecular complexity index is 880. The van der Waals surface area contributed by atoms with E-state index in [0.717, 1.165) is 5.56 Å². The second-order valence-electron chi connectivity index (χ2n) is 5.87. The summed E-state index contributed by atoms with van der Waals surface area (Å²) in [6.45, 7) is 1.19. The Labute approximate surface area is 145 Å². The van der Waals surface area contributed by atoms with Crippen molar-refractivity contribution in [1.82, 2.24) is 14.2 Å². The first-order valence-corrected chi connectivity index (χ1v) is 9.56. The van der Waals surface area contributed by atoms with E-state index in [-0.39, 0.29) is 30.3 Å². The molecule has 0 atom stereocenters. The summed E-state index contributed by atoms with van der Waals surface area (Å²) in [5.74, 6) is -0.252. The van der Waals surface area contributed by atoms with Crippen LogP contribution in [0, 0.1) is 0 Å². The second-order valence-corrected chi connectivity index (χ2v) is 7.84. The minimum atomic E-state index is -3.41. The van der Waals surface area contributed by atoms with Crippen molar-refractivity contribution in [1.29, 1.82) is 0 Å². The Morgan fingerprint density at radius 2 is 1.68 bits per heavy atom. The highest BCUT2D eigenvalue weighted by atomic mass is 32.2. The largest absolute Gasteiger partial charge is 0.336 e. The third-order valence-corrected chi connectivity index (χ3v) is 5.99. The number of rotatable bonds is 4. The molecule has 1 fully saturated rings. The van der Waals surface area contributed by atoms with Gasteiger partial charge in [-0.1, -0.05) is 30.3 Å². The van der Waals surface area contributed by atoms with Gasteiger partial charge in [0.2, 0.25) is 15.6 Å². The van der Waals surface area contributed by atoms with Gasteiger partial charge in [0, 0.05) is 38.4 Å². The van der Waals surface area contributed by atoms with Gasteiger partial charge in [-0.05, 0) is 11.6 Å². The number of H-pyrrole nitrogens is 1. The lowest BCUT2D eigenvalue weighted by atomic mass is 10.2. The summed E-state index contributed by atoms with van der Waals surface area (Å²) in [4.78, 5) is 27.5. The minimum absolute atomic E-state index is 0.0400. The van der Waals surface area contributed by atoms with Crippen molar-refractivity contribution in [2.24, 2.45) is 0 Å². The van der Waals surface area contributed by atoms with Crippen LogP contribution in [0.1, 0.15) is 15.9 Å². The molecule has 1 aliphatic heterocycles. The lowest BCUT2D eigenvalue weighted by Crippen LogP contribution is -2.50. The van der Waals surface area contributed by atoms with Crippen molar-refractivity contribution in [3.05, 3.63) is 70.1 Å². The molecule has 1 aromatic heterocycles. The smallest absolute Gasteiger partial charge is 0.255 e. The molecule has 7 nitrogen and oxygen atoms in total. The second kappa shape index (κ2) is 7.20. The Morgan fingerprint density at radius 3 is 2.28 bits per heavy atom. The van der Waals surface area contributed by atoms with Crippen molar-refractivity contribution < 1.29 is 13.2 Å². The van der Waals surface area contributed by atoms with Gasteiger partial charge >= 0.3 is 0 Å². The normalized spacial score (nSPS) is 15.9. The molecular formula is C17H19N3O4S. The molecule has 0 bridgehead atoms. The summed E-state index contributed by atoms with van der Waals surface area (Å²) in [5, 5.41) is 0. The number of sulfonamides is 1. The Hall–Kier alpha value is -2.45. The van der Waals surface area contributed by atoms with Crippen molar-refractivity contribution in [3.63, 3.8) is 0 Å². The van der Waals surface area contributed by atoms with Gasteiger partial charge in [-0.15, -0.1) is 0 Å².